The van der Waals surface area contributed by atoms with Crippen molar-refractivity contribution >= 4 is 21.2 Å². The maximum Gasteiger partial charge on any atom is 0.274 e. The van der Waals surface area contributed by atoms with Gasteiger partial charge in [0.25, 0.3) is 5.56 Å². The van der Waals surface area contributed by atoms with Gasteiger partial charge in [-0.1, -0.05) is 18.2 Å². The molecule has 2 heterocycles. The van der Waals surface area contributed by atoms with E-state index in [9.17, 15) is 13.2 Å². The Balaban J connectivity index is 1.85. The Morgan fingerprint density at radius 2 is 1.63 bits per heavy atom. The minimum atomic E-state index is -3.77. The number of anilines is 2. The second-order valence-electron chi connectivity index (χ2n) is 6.97. The Morgan fingerprint density at radius 1 is 0.967 bits per heavy atom. The first-order valence-electron chi connectivity index (χ1n) is 9.51. The van der Waals surface area contributed by atoms with Crippen LogP contribution in [-0.2, 0) is 22.8 Å². The van der Waals surface area contributed by atoms with E-state index in [1.165, 1.54) is 20.3 Å². The monoisotopic (exact) mass is 426 g/mol. The van der Waals surface area contributed by atoms with E-state index >= 15 is 0 Å². The molecule has 1 aromatic heterocycles. The number of nitrogens with one attached hydrogen (secondary N) is 1. The maximum absolute atomic E-state index is 13.3. The molecule has 1 N–H and O–H groups in total. The number of benzene rings is 2. The van der Waals surface area contributed by atoms with Crippen LogP contribution in [0.1, 0.15) is 12.1 Å². The van der Waals surface area contributed by atoms with Crippen molar-refractivity contribution in [2.24, 2.45) is 0 Å². The molecule has 3 aromatic rings. The summed E-state index contributed by atoms with van der Waals surface area (Å²) in [5.41, 5.74) is 1.05. The molecular weight excluding hydrogens is 404 g/mol. The number of fused-ring (bicyclic) bond motifs is 1. The highest BCUT2D eigenvalue weighted by molar-refractivity contribution is 7.91. The van der Waals surface area contributed by atoms with Crippen molar-refractivity contribution in [2.45, 2.75) is 29.2 Å². The number of ether oxygens (including phenoxy) is 2. The molecular formula is C22H22N2O5S. The zero-order chi connectivity index (χ0) is 21.3. The standard InChI is InChI=1S/C22H22N2O5S/c1-28-16-11-15(12-17(13-16)29-2)23-19-14-21(20-9-6-10-24(20)22(19)25)30(26,27)18-7-4-3-5-8-18/h3-5,7-8,11-14,23H,6,9-10H2,1-2H3. The number of rotatable bonds is 6. The van der Waals surface area contributed by atoms with Gasteiger partial charge in [-0.15, -0.1) is 0 Å². The van der Waals surface area contributed by atoms with Crippen LogP contribution in [0.4, 0.5) is 11.4 Å². The van der Waals surface area contributed by atoms with Crippen molar-refractivity contribution < 1.29 is 17.9 Å². The Hall–Kier alpha value is -3.26. The molecule has 30 heavy (non-hydrogen) atoms. The number of aromatic nitrogens is 1. The maximum atomic E-state index is 13.3. The third-order valence-electron chi connectivity index (χ3n) is 5.13. The Bertz CT molecular complexity index is 1230. The van der Waals surface area contributed by atoms with Crippen molar-refractivity contribution in [3.63, 3.8) is 0 Å². The summed E-state index contributed by atoms with van der Waals surface area (Å²) < 4.78 is 38.8. The molecule has 1 aliphatic heterocycles. The number of hydrogen-bond donors (Lipinski definition) is 1. The van der Waals surface area contributed by atoms with E-state index in [1.54, 1.807) is 53.1 Å². The van der Waals surface area contributed by atoms with Crippen molar-refractivity contribution in [2.75, 3.05) is 19.5 Å². The van der Waals surface area contributed by atoms with E-state index in [1.807, 2.05) is 0 Å². The van der Waals surface area contributed by atoms with E-state index in [0.717, 1.165) is 6.42 Å². The average molecular weight is 426 g/mol. The highest BCUT2D eigenvalue weighted by atomic mass is 32.2. The molecule has 0 aliphatic carbocycles. The zero-order valence-corrected chi connectivity index (χ0v) is 17.5. The minimum Gasteiger partial charge on any atom is -0.497 e. The molecule has 0 amide bonds. The molecule has 2 aromatic carbocycles. The smallest absolute Gasteiger partial charge is 0.274 e. The quantitative estimate of drug-likeness (QED) is 0.650. The first-order chi connectivity index (χ1) is 14.4. The Labute approximate surface area is 174 Å². The van der Waals surface area contributed by atoms with E-state index in [0.29, 0.717) is 35.8 Å². The van der Waals surface area contributed by atoms with E-state index in [-0.39, 0.29) is 21.0 Å². The molecule has 0 saturated carbocycles. The van der Waals surface area contributed by atoms with Crippen LogP contribution in [0.3, 0.4) is 0 Å². The van der Waals surface area contributed by atoms with Gasteiger partial charge in [-0.3, -0.25) is 4.79 Å². The van der Waals surface area contributed by atoms with Crippen LogP contribution in [0.25, 0.3) is 0 Å². The highest BCUT2D eigenvalue weighted by Crippen LogP contribution is 2.31. The predicted octanol–water partition coefficient (Wildman–Crippen LogP) is 3.39. The zero-order valence-electron chi connectivity index (χ0n) is 16.7. The molecule has 8 heteroatoms. The summed E-state index contributed by atoms with van der Waals surface area (Å²) >= 11 is 0. The lowest BCUT2D eigenvalue weighted by molar-refractivity contribution is 0.395. The fourth-order valence-electron chi connectivity index (χ4n) is 3.66. The Morgan fingerprint density at radius 3 is 2.27 bits per heavy atom. The van der Waals surface area contributed by atoms with Crippen LogP contribution in [-0.4, -0.2) is 27.2 Å². The normalized spacial score (nSPS) is 13.0. The molecule has 0 radical (unpaired) electrons. The average Bonchev–Trinajstić information content (AvgIpc) is 3.26. The second-order valence-corrected chi connectivity index (χ2v) is 8.89. The van der Waals surface area contributed by atoms with E-state index in [4.69, 9.17) is 9.47 Å². The molecule has 4 rings (SSSR count). The third-order valence-corrected chi connectivity index (χ3v) is 6.96. The van der Waals surface area contributed by atoms with E-state index in [2.05, 4.69) is 5.32 Å². The molecule has 0 saturated heterocycles. The summed E-state index contributed by atoms with van der Waals surface area (Å²) in [6.07, 6.45) is 1.27. The van der Waals surface area contributed by atoms with Gasteiger partial charge in [0.1, 0.15) is 17.2 Å². The van der Waals surface area contributed by atoms with Crippen molar-refractivity contribution in [3.05, 3.63) is 70.6 Å². The van der Waals surface area contributed by atoms with Gasteiger partial charge in [-0.2, -0.15) is 0 Å². The molecule has 7 nitrogen and oxygen atoms in total. The van der Waals surface area contributed by atoms with Crippen LogP contribution in [0.2, 0.25) is 0 Å². The number of hydrogen-bond acceptors (Lipinski definition) is 6. The summed E-state index contributed by atoms with van der Waals surface area (Å²) in [6, 6.07) is 14.8. The lowest BCUT2D eigenvalue weighted by Gasteiger charge is -2.15. The van der Waals surface area contributed by atoms with Crippen LogP contribution < -0.4 is 20.3 Å². The molecule has 0 fully saturated rings. The fraction of sp³-hybridized carbons (Fsp3) is 0.227. The lowest BCUT2D eigenvalue weighted by Crippen LogP contribution is -2.24. The molecule has 0 spiro atoms. The van der Waals surface area contributed by atoms with E-state index < -0.39 is 9.84 Å². The summed E-state index contributed by atoms with van der Waals surface area (Å²) in [5.74, 6) is 1.10. The van der Waals surface area contributed by atoms with Crippen LogP contribution in [0.5, 0.6) is 11.5 Å². The predicted molar refractivity (Wildman–Crippen MR) is 114 cm³/mol. The first kappa shape index (κ1) is 20.0. The largest absolute Gasteiger partial charge is 0.497 e. The van der Waals surface area contributed by atoms with Crippen molar-refractivity contribution in [1.82, 2.24) is 4.57 Å². The van der Waals surface area contributed by atoms with Gasteiger partial charge in [0.15, 0.2) is 0 Å². The second kappa shape index (κ2) is 7.87. The van der Waals surface area contributed by atoms with Crippen molar-refractivity contribution in [1.29, 1.82) is 0 Å². The van der Waals surface area contributed by atoms with Gasteiger partial charge < -0.3 is 19.4 Å². The highest BCUT2D eigenvalue weighted by Gasteiger charge is 2.28. The molecule has 156 valence electrons. The Kier molecular flexibility index (Phi) is 5.26. The summed E-state index contributed by atoms with van der Waals surface area (Å²) in [7, 11) is -0.700. The van der Waals surface area contributed by atoms with Crippen LogP contribution >= 0.6 is 0 Å². The number of nitrogens with zero attached hydrogens (tertiary/aromatic N) is 1. The van der Waals surface area contributed by atoms with Gasteiger partial charge in [0.2, 0.25) is 9.84 Å². The first-order valence-corrected chi connectivity index (χ1v) is 11.0. The summed E-state index contributed by atoms with van der Waals surface area (Å²) in [4.78, 5) is 13.4. The van der Waals surface area contributed by atoms with Crippen molar-refractivity contribution in [3.8, 4) is 11.5 Å². The minimum absolute atomic E-state index is 0.156. The third kappa shape index (κ3) is 3.54. The number of methoxy groups -OCH3 is 2. The number of sulfone groups is 1. The molecule has 1 aliphatic rings. The fourth-order valence-corrected chi connectivity index (χ4v) is 5.23. The van der Waals surface area contributed by atoms with Crippen LogP contribution in [0, 0.1) is 0 Å². The molecule has 0 unspecified atom stereocenters. The van der Waals surface area contributed by atoms with Gasteiger partial charge >= 0.3 is 0 Å². The van der Waals surface area contributed by atoms with Gasteiger partial charge in [-0.25, -0.2) is 8.42 Å². The van der Waals surface area contributed by atoms with Crippen LogP contribution in [0.15, 0.2) is 69.2 Å². The summed E-state index contributed by atoms with van der Waals surface area (Å²) in [6.45, 7) is 0.489. The van der Waals surface area contributed by atoms with Gasteiger partial charge in [0, 0.05) is 36.1 Å². The lowest BCUT2D eigenvalue weighted by atomic mass is 10.2. The number of pyridine rings is 1. The summed E-state index contributed by atoms with van der Waals surface area (Å²) in [5, 5.41) is 3.06. The molecule has 0 bridgehead atoms. The molecule has 0 atom stereocenters. The van der Waals surface area contributed by atoms with Gasteiger partial charge in [0.05, 0.1) is 24.0 Å². The SMILES string of the molecule is COc1cc(Nc2cc(S(=O)(=O)c3ccccc3)c3n(c2=O)CCC3)cc(OC)c1. The topological polar surface area (TPSA) is 86.6 Å². The van der Waals surface area contributed by atoms with Gasteiger partial charge in [-0.05, 0) is 31.0 Å².